The van der Waals surface area contributed by atoms with Crippen molar-refractivity contribution in [2.24, 2.45) is 4.99 Å². The Balaban J connectivity index is 0.00000243. The molecule has 26 heavy (non-hydrogen) atoms. The van der Waals surface area contributed by atoms with Crippen molar-refractivity contribution in [2.75, 3.05) is 39.8 Å². The molecule has 1 unspecified atom stereocenters. The minimum absolute atomic E-state index is 0. The summed E-state index contributed by atoms with van der Waals surface area (Å²) in [4.78, 5) is 14.2. The SMILES string of the molecule is CN=C(NCCc1nc(C(C)(C)C)cs1)N1CCC(N2CC=CC2)C1.I. The van der Waals surface area contributed by atoms with Gasteiger partial charge in [-0.1, -0.05) is 32.9 Å². The molecule has 5 nitrogen and oxygen atoms in total. The van der Waals surface area contributed by atoms with Gasteiger partial charge >= 0.3 is 0 Å². The lowest BCUT2D eigenvalue weighted by Gasteiger charge is -2.25. The van der Waals surface area contributed by atoms with Gasteiger partial charge in [-0.15, -0.1) is 35.3 Å². The number of thiazole rings is 1. The van der Waals surface area contributed by atoms with Crippen LogP contribution in [0.5, 0.6) is 0 Å². The first kappa shape index (κ1) is 21.6. The molecule has 0 saturated carbocycles. The van der Waals surface area contributed by atoms with Crippen molar-refractivity contribution in [3.8, 4) is 0 Å². The number of rotatable bonds is 4. The van der Waals surface area contributed by atoms with E-state index in [1.807, 2.05) is 7.05 Å². The molecule has 1 fully saturated rings. The third kappa shape index (κ3) is 5.42. The summed E-state index contributed by atoms with van der Waals surface area (Å²) in [5, 5.41) is 6.93. The molecule has 1 atom stereocenters. The van der Waals surface area contributed by atoms with Gasteiger partial charge in [-0.05, 0) is 6.42 Å². The van der Waals surface area contributed by atoms with Crippen LogP contribution in [0, 0.1) is 0 Å². The van der Waals surface area contributed by atoms with Gasteiger partial charge < -0.3 is 10.2 Å². The van der Waals surface area contributed by atoms with Crippen molar-refractivity contribution in [2.45, 2.75) is 45.1 Å². The molecule has 1 N–H and O–H groups in total. The van der Waals surface area contributed by atoms with Gasteiger partial charge in [0.2, 0.25) is 0 Å². The molecule has 1 aromatic heterocycles. The molecule has 3 heterocycles. The summed E-state index contributed by atoms with van der Waals surface area (Å²) in [6.07, 6.45) is 6.72. The third-order valence-corrected chi connectivity index (χ3v) is 5.89. The third-order valence-electron chi connectivity index (χ3n) is 4.98. The van der Waals surface area contributed by atoms with E-state index < -0.39 is 0 Å². The highest BCUT2D eigenvalue weighted by Gasteiger charge is 2.29. The fraction of sp³-hybridized carbons (Fsp3) is 0.684. The molecule has 7 heteroatoms. The molecule has 0 spiro atoms. The van der Waals surface area contributed by atoms with Crippen LogP contribution >= 0.6 is 35.3 Å². The maximum absolute atomic E-state index is 4.78. The van der Waals surface area contributed by atoms with Crippen molar-refractivity contribution in [1.82, 2.24) is 20.1 Å². The standard InChI is InChI=1S/C19H31N5S.HI/c1-19(2,3)16-14-25-17(22-16)7-9-21-18(20-4)24-12-8-15(13-24)23-10-5-6-11-23;/h5-6,14-15H,7-13H2,1-4H3,(H,20,21);1H. The first-order valence-electron chi connectivity index (χ1n) is 9.27. The summed E-state index contributed by atoms with van der Waals surface area (Å²) in [6.45, 7) is 11.9. The summed E-state index contributed by atoms with van der Waals surface area (Å²) >= 11 is 1.77. The van der Waals surface area contributed by atoms with Gasteiger partial charge in [0.25, 0.3) is 0 Å². The summed E-state index contributed by atoms with van der Waals surface area (Å²) in [7, 11) is 1.88. The Morgan fingerprint density at radius 2 is 2.08 bits per heavy atom. The second-order valence-electron chi connectivity index (χ2n) is 7.91. The zero-order valence-corrected chi connectivity index (χ0v) is 19.5. The molecular formula is C19H32IN5S. The van der Waals surface area contributed by atoms with Crippen molar-refractivity contribution in [3.63, 3.8) is 0 Å². The van der Waals surface area contributed by atoms with Crippen LogP contribution in [0.15, 0.2) is 22.5 Å². The van der Waals surface area contributed by atoms with E-state index in [9.17, 15) is 0 Å². The highest BCUT2D eigenvalue weighted by atomic mass is 127. The van der Waals surface area contributed by atoms with Crippen LogP contribution in [0.3, 0.4) is 0 Å². The van der Waals surface area contributed by atoms with Crippen LogP contribution in [0.25, 0.3) is 0 Å². The van der Waals surface area contributed by atoms with E-state index >= 15 is 0 Å². The van der Waals surface area contributed by atoms with Crippen LogP contribution in [0.4, 0.5) is 0 Å². The summed E-state index contributed by atoms with van der Waals surface area (Å²) in [6, 6.07) is 0.654. The number of nitrogens with zero attached hydrogens (tertiary/aromatic N) is 4. The number of halogens is 1. The van der Waals surface area contributed by atoms with Crippen molar-refractivity contribution in [3.05, 3.63) is 28.2 Å². The molecule has 0 aliphatic carbocycles. The number of hydrogen-bond acceptors (Lipinski definition) is 4. The van der Waals surface area contributed by atoms with Crippen molar-refractivity contribution >= 4 is 41.3 Å². The minimum Gasteiger partial charge on any atom is -0.356 e. The number of guanidine groups is 1. The monoisotopic (exact) mass is 489 g/mol. The molecule has 146 valence electrons. The quantitative estimate of drug-likeness (QED) is 0.306. The van der Waals surface area contributed by atoms with Gasteiger partial charge in [0.15, 0.2) is 5.96 Å². The zero-order chi connectivity index (χ0) is 17.9. The Bertz CT molecular complexity index is 626. The maximum atomic E-state index is 4.78. The van der Waals surface area contributed by atoms with Crippen LogP contribution in [0.2, 0.25) is 0 Å². The summed E-state index contributed by atoms with van der Waals surface area (Å²) in [5.41, 5.74) is 1.33. The lowest BCUT2D eigenvalue weighted by Crippen LogP contribution is -2.43. The second-order valence-corrected chi connectivity index (χ2v) is 8.86. The lowest BCUT2D eigenvalue weighted by molar-refractivity contribution is 0.259. The Hall–Kier alpha value is -0.670. The Kier molecular flexibility index (Phi) is 7.90. The van der Waals surface area contributed by atoms with Gasteiger partial charge in [-0.3, -0.25) is 9.89 Å². The van der Waals surface area contributed by atoms with E-state index in [2.05, 4.69) is 58.4 Å². The average molecular weight is 489 g/mol. The molecular weight excluding hydrogens is 457 g/mol. The van der Waals surface area contributed by atoms with E-state index in [0.717, 1.165) is 45.1 Å². The van der Waals surface area contributed by atoms with E-state index in [1.165, 1.54) is 17.1 Å². The Labute approximate surface area is 179 Å². The predicted octanol–water partition coefficient (Wildman–Crippen LogP) is 3.12. The van der Waals surface area contributed by atoms with Crippen LogP contribution < -0.4 is 5.32 Å². The molecule has 1 aromatic rings. The molecule has 0 radical (unpaired) electrons. The first-order chi connectivity index (χ1) is 12.0. The van der Waals surface area contributed by atoms with E-state index in [-0.39, 0.29) is 29.4 Å². The van der Waals surface area contributed by atoms with Gasteiger partial charge in [0.1, 0.15) is 0 Å². The average Bonchev–Trinajstić information content (AvgIpc) is 3.31. The minimum atomic E-state index is 0. The molecule has 0 aromatic carbocycles. The maximum Gasteiger partial charge on any atom is 0.193 e. The first-order valence-corrected chi connectivity index (χ1v) is 10.1. The summed E-state index contributed by atoms with van der Waals surface area (Å²) < 4.78 is 0. The van der Waals surface area contributed by atoms with Crippen molar-refractivity contribution < 1.29 is 0 Å². The molecule has 1 saturated heterocycles. The van der Waals surface area contributed by atoms with Gasteiger partial charge in [0, 0.05) is 63.0 Å². The number of aromatic nitrogens is 1. The zero-order valence-electron chi connectivity index (χ0n) is 16.4. The van der Waals surface area contributed by atoms with Crippen LogP contribution in [-0.2, 0) is 11.8 Å². The molecule has 0 amide bonds. The fourth-order valence-electron chi connectivity index (χ4n) is 3.41. The van der Waals surface area contributed by atoms with Crippen molar-refractivity contribution in [1.29, 1.82) is 0 Å². The second kappa shape index (κ2) is 9.50. The van der Waals surface area contributed by atoms with E-state index in [0.29, 0.717) is 6.04 Å². The van der Waals surface area contributed by atoms with Gasteiger partial charge in [0.05, 0.1) is 10.7 Å². The van der Waals surface area contributed by atoms with E-state index in [1.54, 1.807) is 11.3 Å². The topological polar surface area (TPSA) is 43.8 Å². The van der Waals surface area contributed by atoms with Crippen LogP contribution in [0.1, 0.15) is 37.9 Å². The number of likely N-dealkylation sites (tertiary alicyclic amines) is 1. The van der Waals surface area contributed by atoms with Crippen LogP contribution in [-0.4, -0.2) is 66.6 Å². The number of hydrogen-bond donors (Lipinski definition) is 1. The lowest BCUT2D eigenvalue weighted by atomic mass is 9.93. The number of nitrogens with one attached hydrogen (secondary N) is 1. The van der Waals surface area contributed by atoms with E-state index in [4.69, 9.17) is 4.98 Å². The Morgan fingerprint density at radius 3 is 2.69 bits per heavy atom. The fourth-order valence-corrected chi connectivity index (χ4v) is 4.43. The molecule has 0 bridgehead atoms. The smallest absolute Gasteiger partial charge is 0.193 e. The molecule has 3 rings (SSSR count). The number of aliphatic imine (C=N–C) groups is 1. The highest BCUT2D eigenvalue weighted by Crippen LogP contribution is 2.24. The normalized spacial score (nSPS) is 21.3. The highest BCUT2D eigenvalue weighted by molar-refractivity contribution is 14.0. The molecule has 2 aliphatic heterocycles. The van der Waals surface area contributed by atoms with Gasteiger partial charge in [-0.25, -0.2) is 4.98 Å². The largest absolute Gasteiger partial charge is 0.356 e. The van der Waals surface area contributed by atoms with Gasteiger partial charge in [-0.2, -0.15) is 0 Å². The molecule has 2 aliphatic rings. The Morgan fingerprint density at radius 1 is 1.35 bits per heavy atom. The predicted molar refractivity (Wildman–Crippen MR) is 122 cm³/mol. The summed E-state index contributed by atoms with van der Waals surface area (Å²) in [5.74, 6) is 1.03.